The van der Waals surface area contributed by atoms with E-state index >= 15 is 0 Å². The minimum Gasteiger partial charge on any atom is -0.456 e. The standard InChI is InChI=1S/C61H39N5O/c1-5-17-40(18-6-1)49-35-50(41-19-7-2-8-20-41)37-51(36-49)61-65-58(43-23-11-4-12-24-43)64-60(66-61)47-28-16-26-45(34-47)44-25-15-27-46(33-44)55-39-54(42-21-9-3-10-22-42)62-59(63-55)48-31-32-53-52-29-13-14-30-56(52)67-57(53)38-48/h1-39H. The smallest absolute Gasteiger partial charge is 0.164 e. The molecule has 9 aromatic carbocycles. The van der Waals surface area contributed by atoms with Crippen molar-refractivity contribution in [2.75, 3.05) is 0 Å². The predicted molar refractivity (Wildman–Crippen MR) is 272 cm³/mol. The highest BCUT2D eigenvalue weighted by Gasteiger charge is 2.17. The first-order valence-corrected chi connectivity index (χ1v) is 22.3. The molecule has 3 heterocycles. The molecule has 12 rings (SSSR count). The number of nitrogens with zero attached hydrogens (tertiary/aromatic N) is 5. The van der Waals surface area contributed by atoms with Gasteiger partial charge in [0, 0.05) is 44.2 Å². The molecule has 3 aromatic heterocycles. The van der Waals surface area contributed by atoms with Gasteiger partial charge < -0.3 is 4.42 Å². The summed E-state index contributed by atoms with van der Waals surface area (Å²) in [7, 11) is 0. The summed E-state index contributed by atoms with van der Waals surface area (Å²) in [5.41, 5.74) is 15.3. The third-order valence-corrected chi connectivity index (χ3v) is 12.1. The summed E-state index contributed by atoms with van der Waals surface area (Å²) >= 11 is 0. The van der Waals surface area contributed by atoms with E-state index in [0.717, 1.165) is 100 Å². The first-order valence-electron chi connectivity index (χ1n) is 22.3. The molecule has 0 amide bonds. The number of fused-ring (bicyclic) bond motifs is 3. The van der Waals surface area contributed by atoms with Gasteiger partial charge in [-0.15, -0.1) is 0 Å². The molecular weight excluding hydrogens is 819 g/mol. The molecule has 0 radical (unpaired) electrons. The minimum atomic E-state index is 0.586. The fourth-order valence-corrected chi connectivity index (χ4v) is 8.74. The van der Waals surface area contributed by atoms with E-state index in [2.05, 4.69) is 152 Å². The monoisotopic (exact) mass is 857 g/mol. The lowest BCUT2D eigenvalue weighted by atomic mass is 9.96. The maximum absolute atomic E-state index is 6.28. The highest BCUT2D eigenvalue weighted by molar-refractivity contribution is 6.05. The molecule has 0 atom stereocenters. The predicted octanol–water partition coefficient (Wildman–Crippen LogP) is 15.6. The number of hydrogen-bond donors (Lipinski definition) is 0. The molecule has 6 heteroatoms. The van der Waals surface area contributed by atoms with Gasteiger partial charge in [-0.1, -0.05) is 182 Å². The Morgan fingerprint density at radius 3 is 1.25 bits per heavy atom. The van der Waals surface area contributed by atoms with Gasteiger partial charge in [0.15, 0.2) is 23.3 Å². The van der Waals surface area contributed by atoms with Crippen molar-refractivity contribution < 1.29 is 4.42 Å². The van der Waals surface area contributed by atoms with Crippen LogP contribution in [-0.2, 0) is 0 Å². The lowest BCUT2D eigenvalue weighted by molar-refractivity contribution is 0.669. The van der Waals surface area contributed by atoms with Gasteiger partial charge in [0.05, 0.1) is 11.4 Å². The van der Waals surface area contributed by atoms with E-state index in [4.69, 9.17) is 29.3 Å². The average Bonchev–Trinajstić information content (AvgIpc) is 3.80. The minimum absolute atomic E-state index is 0.586. The normalized spacial score (nSPS) is 11.3. The van der Waals surface area contributed by atoms with E-state index in [9.17, 15) is 0 Å². The Kier molecular flexibility index (Phi) is 10.1. The van der Waals surface area contributed by atoms with Crippen molar-refractivity contribution in [3.05, 3.63) is 237 Å². The van der Waals surface area contributed by atoms with Crippen LogP contribution in [0.3, 0.4) is 0 Å². The van der Waals surface area contributed by atoms with Crippen LogP contribution in [0.25, 0.3) is 123 Å². The van der Waals surface area contributed by atoms with E-state index in [1.165, 1.54) is 0 Å². The molecular formula is C61H39N5O. The summed E-state index contributed by atoms with van der Waals surface area (Å²) in [6.45, 7) is 0. The second-order valence-corrected chi connectivity index (χ2v) is 16.5. The van der Waals surface area contributed by atoms with Crippen LogP contribution in [0.2, 0.25) is 0 Å². The summed E-state index contributed by atoms with van der Waals surface area (Å²) in [4.78, 5) is 25.8. The van der Waals surface area contributed by atoms with E-state index in [-0.39, 0.29) is 0 Å². The number of furan rings is 1. The maximum atomic E-state index is 6.28. The van der Waals surface area contributed by atoms with Crippen LogP contribution >= 0.6 is 0 Å². The van der Waals surface area contributed by atoms with E-state index < -0.39 is 0 Å². The molecule has 0 unspecified atom stereocenters. The molecule has 12 aromatic rings. The molecule has 0 aliphatic rings. The highest BCUT2D eigenvalue weighted by atomic mass is 16.3. The van der Waals surface area contributed by atoms with Crippen LogP contribution in [0.15, 0.2) is 241 Å². The third kappa shape index (κ3) is 7.94. The summed E-state index contributed by atoms with van der Waals surface area (Å²) < 4.78 is 6.28. The largest absolute Gasteiger partial charge is 0.456 e. The summed E-state index contributed by atoms with van der Waals surface area (Å²) in [6.07, 6.45) is 0. The number of aromatic nitrogens is 5. The molecule has 314 valence electrons. The highest BCUT2D eigenvalue weighted by Crippen LogP contribution is 2.37. The van der Waals surface area contributed by atoms with Gasteiger partial charge in [0.1, 0.15) is 11.2 Å². The van der Waals surface area contributed by atoms with Crippen LogP contribution < -0.4 is 0 Å². The first kappa shape index (κ1) is 39.5. The van der Waals surface area contributed by atoms with Crippen molar-refractivity contribution in [1.82, 2.24) is 24.9 Å². The lowest BCUT2D eigenvalue weighted by Gasteiger charge is -2.13. The van der Waals surface area contributed by atoms with Crippen molar-refractivity contribution in [3.63, 3.8) is 0 Å². The molecule has 0 spiro atoms. The van der Waals surface area contributed by atoms with Crippen LogP contribution in [0.1, 0.15) is 0 Å². The fourth-order valence-electron chi connectivity index (χ4n) is 8.74. The molecule has 0 saturated carbocycles. The zero-order chi connectivity index (χ0) is 44.5. The van der Waals surface area contributed by atoms with Crippen molar-refractivity contribution in [1.29, 1.82) is 0 Å². The second kappa shape index (κ2) is 17.1. The van der Waals surface area contributed by atoms with Gasteiger partial charge in [-0.2, -0.15) is 0 Å². The van der Waals surface area contributed by atoms with Crippen molar-refractivity contribution >= 4 is 21.9 Å². The Morgan fingerprint density at radius 1 is 0.209 bits per heavy atom. The van der Waals surface area contributed by atoms with Crippen LogP contribution in [-0.4, -0.2) is 24.9 Å². The van der Waals surface area contributed by atoms with E-state index in [0.29, 0.717) is 23.3 Å². The molecule has 0 aliphatic heterocycles. The van der Waals surface area contributed by atoms with Gasteiger partial charge in [-0.3, -0.25) is 0 Å². The van der Waals surface area contributed by atoms with Crippen LogP contribution in [0.4, 0.5) is 0 Å². The average molecular weight is 858 g/mol. The molecule has 67 heavy (non-hydrogen) atoms. The van der Waals surface area contributed by atoms with Gasteiger partial charge in [0.2, 0.25) is 0 Å². The topological polar surface area (TPSA) is 77.6 Å². The molecule has 0 saturated heterocycles. The van der Waals surface area contributed by atoms with Crippen molar-refractivity contribution in [2.24, 2.45) is 0 Å². The molecule has 0 fully saturated rings. The molecule has 0 N–H and O–H groups in total. The summed E-state index contributed by atoms with van der Waals surface area (Å²) in [5.74, 6) is 2.41. The van der Waals surface area contributed by atoms with Crippen LogP contribution in [0, 0.1) is 0 Å². The number of para-hydroxylation sites is 1. The molecule has 0 aliphatic carbocycles. The van der Waals surface area contributed by atoms with E-state index in [1.54, 1.807) is 0 Å². The van der Waals surface area contributed by atoms with E-state index in [1.807, 2.05) is 84.9 Å². The second-order valence-electron chi connectivity index (χ2n) is 16.5. The summed E-state index contributed by atoms with van der Waals surface area (Å²) in [6, 6.07) is 81.2. The number of benzene rings is 9. The van der Waals surface area contributed by atoms with Gasteiger partial charge in [0.25, 0.3) is 0 Å². The quantitative estimate of drug-likeness (QED) is 0.144. The van der Waals surface area contributed by atoms with Gasteiger partial charge in [-0.25, -0.2) is 24.9 Å². The Balaban J connectivity index is 0.954. The maximum Gasteiger partial charge on any atom is 0.164 e. The van der Waals surface area contributed by atoms with Crippen LogP contribution in [0.5, 0.6) is 0 Å². The Morgan fingerprint density at radius 2 is 0.612 bits per heavy atom. The fraction of sp³-hybridized carbons (Fsp3) is 0. The zero-order valence-electron chi connectivity index (χ0n) is 36.2. The lowest BCUT2D eigenvalue weighted by Crippen LogP contribution is -2.00. The third-order valence-electron chi connectivity index (χ3n) is 12.1. The van der Waals surface area contributed by atoms with Gasteiger partial charge >= 0.3 is 0 Å². The number of rotatable bonds is 9. The summed E-state index contributed by atoms with van der Waals surface area (Å²) in [5, 5.41) is 2.15. The Bertz CT molecular complexity index is 3680. The van der Waals surface area contributed by atoms with Gasteiger partial charge in [-0.05, 0) is 88.0 Å². The zero-order valence-corrected chi connectivity index (χ0v) is 36.2. The number of hydrogen-bond acceptors (Lipinski definition) is 6. The SMILES string of the molecule is c1ccc(-c2cc(-c3ccccc3)cc(-c3nc(-c4ccccc4)nc(-c4cccc(-c5cccc(-c6cc(-c7ccccc7)nc(-c7ccc8c(c7)oc7ccccc78)n6)c5)c4)n3)c2)cc1. The Hall–Kier alpha value is -9.13. The molecule has 0 bridgehead atoms. The Labute approximate surface area is 387 Å². The first-order chi connectivity index (χ1) is 33.1. The molecule has 6 nitrogen and oxygen atoms in total. The van der Waals surface area contributed by atoms with Crippen molar-refractivity contribution in [3.8, 4) is 101 Å². The van der Waals surface area contributed by atoms with Crippen molar-refractivity contribution in [2.45, 2.75) is 0 Å².